The molecule has 0 bridgehead atoms. The predicted molar refractivity (Wildman–Crippen MR) is 230 cm³/mol. The summed E-state index contributed by atoms with van der Waals surface area (Å²) in [4.78, 5) is 52.2. The lowest BCUT2D eigenvalue weighted by molar-refractivity contribution is -0.148. The van der Waals surface area contributed by atoms with Gasteiger partial charge in [0.25, 0.3) is 0 Å². The molecule has 62 heavy (non-hydrogen) atoms. The Hall–Kier alpha value is -5.53. The summed E-state index contributed by atoms with van der Waals surface area (Å²) in [7, 11) is 3.85. The van der Waals surface area contributed by atoms with Crippen molar-refractivity contribution in [2.45, 2.75) is 98.4 Å². The van der Waals surface area contributed by atoms with Gasteiger partial charge in [0.2, 0.25) is 11.8 Å². The van der Waals surface area contributed by atoms with E-state index in [1.165, 1.54) is 12.7 Å². The van der Waals surface area contributed by atoms with Gasteiger partial charge >= 0.3 is 5.97 Å². The van der Waals surface area contributed by atoms with E-state index < -0.39 is 0 Å². The number of carbonyl (C=O) groups excluding carboxylic acids is 2. The molecule has 2 aliphatic carbocycles. The summed E-state index contributed by atoms with van der Waals surface area (Å²) in [6.07, 6.45) is 10.7. The highest BCUT2D eigenvalue weighted by Crippen LogP contribution is 2.34. The molecule has 20 heteroatoms. The van der Waals surface area contributed by atoms with Crippen LogP contribution < -0.4 is 4.74 Å². The Bertz CT molecular complexity index is 2510. The molecule has 1 aliphatic heterocycles. The van der Waals surface area contributed by atoms with Gasteiger partial charge in [-0.05, 0) is 73.1 Å². The van der Waals surface area contributed by atoms with Gasteiger partial charge in [-0.25, -0.2) is 24.9 Å². The zero-order chi connectivity index (χ0) is 44.1. The van der Waals surface area contributed by atoms with Crippen molar-refractivity contribution in [1.29, 1.82) is 0 Å². The Balaban J connectivity index is 0.000000162. The van der Waals surface area contributed by atoms with Gasteiger partial charge in [0.05, 0.1) is 55.4 Å². The molecule has 4 atom stereocenters. The number of amides is 1. The number of rotatable bonds is 9. The minimum absolute atomic E-state index is 0.00254. The number of aryl methyl sites for hydroxylation is 4. The van der Waals surface area contributed by atoms with Crippen LogP contribution in [0, 0.1) is 25.7 Å². The highest BCUT2D eigenvalue weighted by Gasteiger charge is 2.35. The van der Waals surface area contributed by atoms with Crippen molar-refractivity contribution < 1.29 is 28.9 Å². The van der Waals surface area contributed by atoms with Gasteiger partial charge in [-0.1, -0.05) is 11.6 Å². The van der Waals surface area contributed by atoms with Gasteiger partial charge in [0.15, 0.2) is 22.0 Å². The number of imidazole rings is 2. The Morgan fingerprint density at radius 1 is 0.790 bits per heavy atom. The molecule has 6 aromatic heterocycles. The summed E-state index contributed by atoms with van der Waals surface area (Å²) >= 11 is 6.05. The Kier molecular flexibility index (Phi) is 14.1. The van der Waals surface area contributed by atoms with Crippen LogP contribution in [0.2, 0.25) is 5.15 Å². The molecule has 6 aromatic rings. The maximum absolute atomic E-state index is 12.8. The summed E-state index contributed by atoms with van der Waals surface area (Å²) in [5, 5.41) is 18.3. The fraction of sp³-hybridized carbons (Fsp3) is 0.571. The predicted octanol–water partition coefficient (Wildman–Crippen LogP) is 4.88. The Morgan fingerprint density at radius 3 is 1.92 bits per heavy atom. The molecule has 1 amide bonds. The van der Waals surface area contributed by atoms with Crippen LogP contribution >= 0.6 is 11.6 Å². The molecule has 1 saturated heterocycles. The molecular formula is C42H56ClN13O6. The van der Waals surface area contributed by atoms with E-state index in [9.17, 15) is 9.59 Å². The van der Waals surface area contributed by atoms with Crippen LogP contribution in [-0.2, 0) is 46.2 Å². The van der Waals surface area contributed by atoms with Gasteiger partial charge in [-0.15, -0.1) is 0 Å². The molecule has 4 unspecified atom stereocenters. The van der Waals surface area contributed by atoms with E-state index in [-0.39, 0.29) is 35.9 Å². The first-order valence-corrected chi connectivity index (χ1v) is 21.7. The number of aliphatic hydroxyl groups excluding tert-OH is 1. The van der Waals surface area contributed by atoms with Gasteiger partial charge in [-0.3, -0.25) is 19.0 Å². The number of nitrogens with zero attached hydrogens (tertiary/aromatic N) is 13. The first-order chi connectivity index (χ1) is 29.9. The minimum Gasteiger partial charge on any atom is -0.473 e. The smallest absolute Gasteiger partial charge is 0.309 e. The van der Waals surface area contributed by atoms with E-state index in [0.29, 0.717) is 73.5 Å². The second-order valence-corrected chi connectivity index (χ2v) is 16.1. The highest BCUT2D eigenvalue weighted by atomic mass is 35.5. The summed E-state index contributed by atoms with van der Waals surface area (Å²) in [5.41, 5.74) is 6.77. The van der Waals surface area contributed by atoms with Gasteiger partial charge in [0.1, 0.15) is 35.9 Å². The van der Waals surface area contributed by atoms with Crippen molar-refractivity contribution in [2.24, 2.45) is 25.9 Å². The molecule has 0 spiro atoms. The largest absolute Gasteiger partial charge is 0.473 e. The number of aromatic nitrogens is 12. The zero-order valence-corrected chi connectivity index (χ0v) is 37.2. The van der Waals surface area contributed by atoms with Crippen LogP contribution in [0.3, 0.4) is 0 Å². The number of halogens is 1. The number of ether oxygens (including phenoxy) is 3. The second-order valence-electron chi connectivity index (χ2n) is 15.7. The summed E-state index contributed by atoms with van der Waals surface area (Å²) in [6.45, 7) is 14.6. The molecule has 0 radical (unpaired) electrons. The monoisotopic (exact) mass is 873 g/mol. The fourth-order valence-corrected chi connectivity index (χ4v) is 8.56. The normalized spacial score (nSPS) is 19.9. The summed E-state index contributed by atoms with van der Waals surface area (Å²) in [6, 6.07) is 0. The van der Waals surface area contributed by atoms with Gasteiger partial charge < -0.3 is 33.4 Å². The minimum atomic E-state index is -0.288. The van der Waals surface area contributed by atoms with Crippen LogP contribution in [0.1, 0.15) is 70.7 Å². The number of morpholine rings is 1. The molecule has 9 rings (SSSR count). The third kappa shape index (κ3) is 9.29. The number of esters is 1. The SMILES string of the molecule is CCOC(=O)C1CCC(O)C1.CCn1ncc(-c2nc3c(Cl)ncnc3n2C)c1C.CCn1ncc(-c2nc3c(OC4CCC(C(=O)N5CCOCC5)C4)ncnc3n2C)c1C. The standard InChI is InChI=1S/C22H29N7O3.C12H13ClN6.C8H14O3/c1-4-29-14(2)17(12-25-29)19-26-18-20(27(19)3)23-13-24-21(18)32-16-6-5-15(11-16)22(30)28-7-9-31-10-8-28;1-4-19-7(2)8(5-16-19)11-17-9-10(13)14-6-15-12(9)18(11)3;1-2-11-8(10)6-3-4-7(9)5-6/h12-13,15-16H,4-11H2,1-3H3;5-6H,4H2,1-3H3;6-7,9H,2-5H2,1H3. The Morgan fingerprint density at radius 2 is 1.37 bits per heavy atom. The van der Waals surface area contributed by atoms with Crippen LogP contribution in [0.5, 0.6) is 5.88 Å². The number of hydrogen-bond acceptors (Lipinski definition) is 14. The number of fused-ring (bicyclic) bond motifs is 2. The highest BCUT2D eigenvalue weighted by molar-refractivity contribution is 6.33. The van der Waals surface area contributed by atoms with Crippen LogP contribution in [-0.4, -0.2) is 126 Å². The Labute approximate surface area is 364 Å². The van der Waals surface area contributed by atoms with Crippen LogP contribution in [0.25, 0.3) is 45.1 Å². The van der Waals surface area contributed by atoms with Crippen molar-refractivity contribution >= 4 is 45.8 Å². The molecule has 2 saturated carbocycles. The molecule has 0 aromatic carbocycles. The molecule has 1 N–H and O–H groups in total. The molecular weight excluding hydrogens is 818 g/mol. The van der Waals surface area contributed by atoms with Crippen LogP contribution in [0.15, 0.2) is 25.0 Å². The van der Waals surface area contributed by atoms with E-state index >= 15 is 0 Å². The lowest BCUT2D eigenvalue weighted by Gasteiger charge is -2.29. The third-order valence-corrected chi connectivity index (χ3v) is 12.2. The zero-order valence-electron chi connectivity index (χ0n) is 36.5. The maximum Gasteiger partial charge on any atom is 0.309 e. The molecule has 332 valence electrons. The maximum atomic E-state index is 12.8. The lowest BCUT2D eigenvalue weighted by atomic mass is 10.1. The van der Waals surface area contributed by atoms with E-state index in [4.69, 9.17) is 35.9 Å². The van der Waals surface area contributed by atoms with E-state index in [0.717, 1.165) is 78.6 Å². The van der Waals surface area contributed by atoms with E-state index in [1.807, 2.05) is 63.7 Å². The summed E-state index contributed by atoms with van der Waals surface area (Å²) in [5.74, 6) is 2.08. The van der Waals surface area contributed by atoms with Gasteiger partial charge in [-0.2, -0.15) is 15.2 Å². The number of carbonyl (C=O) groups is 2. The second kappa shape index (κ2) is 19.7. The topological polar surface area (TPSA) is 208 Å². The van der Waals surface area contributed by atoms with Crippen molar-refractivity contribution in [3.05, 3.63) is 41.6 Å². The first kappa shape index (κ1) is 44.5. The molecule has 7 heterocycles. The van der Waals surface area contributed by atoms with E-state index in [1.54, 1.807) is 6.92 Å². The average molecular weight is 874 g/mol. The average Bonchev–Trinajstić information content (AvgIpc) is 4.16. The molecule has 19 nitrogen and oxygen atoms in total. The van der Waals surface area contributed by atoms with Crippen LogP contribution in [0.4, 0.5) is 0 Å². The number of hydrogen-bond donors (Lipinski definition) is 1. The molecule has 3 fully saturated rings. The third-order valence-electron chi connectivity index (χ3n) is 11.9. The van der Waals surface area contributed by atoms with Crippen molar-refractivity contribution in [3.8, 4) is 28.7 Å². The van der Waals surface area contributed by atoms with E-state index in [2.05, 4.69) is 49.0 Å². The van der Waals surface area contributed by atoms with Crippen molar-refractivity contribution in [2.75, 3.05) is 32.9 Å². The fourth-order valence-electron chi connectivity index (χ4n) is 8.39. The lowest BCUT2D eigenvalue weighted by Crippen LogP contribution is -2.43. The summed E-state index contributed by atoms with van der Waals surface area (Å²) < 4.78 is 24.2. The van der Waals surface area contributed by atoms with Crippen molar-refractivity contribution in [3.63, 3.8) is 0 Å². The molecule has 3 aliphatic rings. The van der Waals surface area contributed by atoms with Gasteiger partial charge in [0, 0.05) is 57.6 Å². The number of aliphatic hydroxyl groups is 1. The first-order valence-electron chi connectivity index (χ1n) is 21.4. The van der Waals surface area contributed by atoms with Crippen molar-refractivity contribution in [1.82, 2.24) is 63.5 Å². The quantitative estimate of drug-likeness (QED) is 0.152.